The van der Waals surface area contributed by atoms with E-state index in [9.17, 15) is 4.79 Å². The third-order valence-electron chi connectivity index (χ3n) is 4.12. The van der Waals surface area contributed by atoms with Gasteiger partial charge in [-0.25, -0.2) is 4.79 Å². The Kier molecular flexibility index (Phi) is 4.60. The van der Waals surface area contributed by atoms with E-state index in [1.54, 1.807) is 0 Å². The van der Waals surface area contributed by atoms with Gasteiger partial charge in [-0.15, -0.1) is 0 Å². The van der Waals surface area contributed by atoms with Gasteiger partial charge in [0, 0.05) is 24.4 Å². The van der Waals surface area contributed by atoms with Crippen LogP contribution < -0.4 is 5.32 Å². The predicted octanol–water partition coefficient (Wildman–Crippen LogP) is 2.71. The first-order chi connectivity index (χ1) is 8.19. The highest BCUT2D eigenvalue weighted by molar-refractivity contribution is 7.99. The molecule has 3 nitrogen and oxygen atoms in total. The van der Waals surface area contributed by atoms with Gasteiger partial charge in [-0.1, -0.05) is 6.92 Å². The number of hydrogen-bond donors (Lipinski definition) is 1. The fourth-order valence-corrected chi connectivity index (χ4v) is 3.56. The summed E-state index contributed by atoms with van der Waals surface area (Å²) in [6.07, 6.45) is 8.04. The maximum absolute atomic E-state index is 12.1. The average molecular weight is 256 g/mol. The van der Waals surface area contributed by atoms with Crippen LogP contribution in [0.25, 0.3) is 0 Å². The van der Waals surface area contributed by atoms with E-state index in [4.69, 9.17) is 0 Å². The van der Waals surface area contributed by atoms with Gasteiger partial charge in [0.25, 0.3) is 0 Å². The molecular formula is C13H24N2OS. The third-order valence-corrected chi connectivity index (χ3v) is 5.21. The highest BCUT2D eigenvalue weighted by atomic mass is 32.2. The smallest absolute Gasteiger partial charge is 0.317 e. The van der Waals surface area contributed by atoms with Gasteiger partial charge >= 0.3 is 6.03 Å². The molecule has 0 aromatic rings. The van der Waals surface area contributed by atoms with Gasteiger partial charge in [-0.3, -0.25) is 0 Å². The lowest BCUT2D eigenvalue weighted by Gasteiger charge is -2.31. The SMILES string of the molecule is CSC1CCC(NC(=O)N2CCC(C)CC2)C1. The Morgan fingerprint density at radius 2 is 1.94 bits per heavy atom. The lowest BCUT2D eigenvalue weighted by atomic mass is 10.00. The molecule has 1 saturated carbocycles. The van der Waals surface area contributed by atoms with Crippen LogP contribution in [0.4, 0.5) is 4.79 Å². The van der Waals surface area contributed by atoms with Crippen LogP contribution >= 0.6 is 11.8 Å². The minimum atomic E-state index is 0.170. The molecule has 0 spiro atoms. The number of nitrogens with one attached hydrogen (secondary N) is 1. The number of carbonyl (C=O) groups excluding carboxylic acids is 1. The Labute approximate surface area is 109 Å². The molecule has 2 atom stereocenters. The van der Waals surface area contributed by atoms with Crippen LogP contribution in [-0.2, 0) is 0 Å². The van der Waals surface area contributed by atoms with Crippen molar-refractivity contribution >= 4 is 17.8 Å². The Morgan fingerprint density at radius 3 is 2.53 bits per heavy atom. The van der Waals surface area contributed by atoms with E-state index in [1.165, 1.54) is 6.42 Å². The zero-order chi connectivity index (χ0) is 12.3. The number of hydrogen-bond acceptors (Lipinski definition) is 2. The summed E-state index contributed by atoms with van der Waals surface area (Å²) >= 11 is 1.93. The first-order valence-corrected chi connectivity index (χ1v) is 8.06. The van der Waals surface area contributed by atoms with Crippen LogP contribution in [0.15, 0.2) is 0 Å². The van der Waals surface area contributed by atoms with Crippen molar-refractivity contribution in [3.63, 3.8) is 0 Å². The maximum Gasteiger partial charge on any atom is 0.317 e. The van der Waals surface area contributed by atoms with E-state index in [0.717, 1.165) is 49.9 Å². The number of likely N-dealkylation sites (tertiary alicyclic amines) is 1. The van der Waals surface area contributed by atoms with Crippen LogP contribution in [0.3, 0.4) is 0 Å². The molecule has 2 amide bonds. The quantitative estimate of drug-likeness (QED) is 0.824. The average Bonchev–Trinajstić information content (AvgIpc) is 2.77. The number of thioether (sulfide) groups is 1. The van der Waals surface area contributed by atoms with Crippen molar-refractivity contribution in [3.8, 4) is 0 Å². The number of carbonyl (C=O) groups is 1. The Hall–Kier alpha value is -0.380. The van der Waals surface area contributed by atoms with E-state index in [1.807, 2.05) is 16.7 Å². The van der Waals surface area contributed by atoms with Crippen LogP contribution in [0.2, 0.25) is 0 Å². The largest absolute Gasteiger partial charge is 0.335 e. The number of rotatable bonds is 2. The third kappa shape index (κ3) is 3.54. The van der Waals surface area contributed by atoms with Gasteiger partial charge in [0.2, 0.25) is 0 Å². The molecule has 2 fully saturated rings. The fourth-order valence-electron chi connectivity index (χ4n) is 2.76. The topological polar surface area (TPSA) is 32.3 Å². The Morgan fingerprint density at radius 1 is 1.24 bits per heavy atom. The van der Waals surface area contributed by atoms with Crippen molar-refractivity contribution in [2.24, 2.45) is 5.92 Å². The van der Waals surface area contributed by atoms with Crippen LogP contribution in [0.1, 0.15) is 39.0 Å². The van der Waals surface area contributed by atoms with Crippen molar-refractivity contribution in [3.05, 3.63) is 0 Å². The van der Waals surface area contributed by atoms with Gasteiger partial charge in [0.15, 0.2) is 0 Å². The Balaban J connectivity index is 1.74. The molecular weight excluding hydrogens is 232 g/mol. The first kappa shape index (κ1) is 13.1. The second kappa shape index (κ2) is 5.98. The standard InChI is InChI=1S/C13H24N2OS/c1-10-5-7-15(8-6-10)13(16)14-11-3-4-12(9-11)17-2/h10-12H,3-9H2,1-2H3,(H,14,16). The summed E-state index contributed by atoms with van der Waals surface area (Å²) < 4.78 is 0. The molecule has 1 aliphatic heterocycles. The highest BCUT2D eigenvalue weighted by Crippen LogP contribution is 2.28. The molecule has 1 aliphatic carbocycles. The molecule has 0 radical (unpaired) electrons. The van der Waals surface area contributed by atoms with Crippen LogP contribution in [0, 0.1) is 5.92 Å². The molecule has 2 unspecified atom stereocenters. The Bertz CT molecular complexity index is 264. The summed E-state index contributed by atoms with van der Waals surface area (Å²) in [5.74, 6) is 0.784. The molecule has 98 valence electrons. The lowest BCUT2D eigenvalue weighted by molar-refractivity contribution is 0.170. The summed E-state index contributed by atoms with van der Waals surface area (Å²) in [6, 6.07) is 0.586. The van der Waals surface area contributed by atoms with Crippen molar-refractivity contribution < 1.29 is 4.79 Å². The highest BCUT2D eigenvalue weighted by Gasteiger charge is 2.27. The molecule has 1 heterocycles. The molecule has 2 rings (SSSR count). The summed E-state index contributed by atoms with van der Waals surface area (Å²) in [4.78, 5) is 14.1. The van der Waals surface area contributed by atoms with Crippen molar-refractivity contribution in [1.29, 1.82) is 0 Å². The van der Waals surface area contributed by atoms with E-state index in [-0.39, 0.29) is 6.03 Å². The van der Waals surface area contributed by atoms with Gasteiger partial charge in [-0.05, 0) is 44.3 Å². The van der Waals surface area contributed by atoms with E-state index in [2.05, 4.69) is 18.5 Å². The molecule has 0 bridgehead atoms. The zero-order valence-electron chi connectivity index (χ0n) is 10.9. The van der Waals surface area contributed by atoms with Gasteiger partial charge in [-0.2, -0.15) is 11.8 Å². The van der Waals surface area contributed by atoms with Crippen LogP contribution in [0.5, 0.6) is 0 Å². The number of nitrogens with zero attached hydrogens (tertiary/aromatic N) is 1. The van der Waals surface area contributed by atoms with E-state index in [0.29, 0.717) is 6.04 Å². The van der Waals surface area contributed by atoms with Crippen molar-refractivity contribution in [2.75, 3.05) is 19.3 Å². The number of piperidine rings is 1. The van der Waals surface area contributed by atoms with Gasteiger partial charge < -0.3 is 10.2 Å². The minimum Gasteiger partial charge on any atom is -0.335 e. The maximum atomic E-state index is 12.1. The summed E-state index contributed by atoms with van der Waals surface area (Å²) in [5, 5.41) is 3.95. The predicted molar refractivity (Wildman–Crippen MR) is 73.4 cm³/mol. The molecule has 0 aromatic carbocycles. The fraction of sp³-hybridized carbons (Fsp3) is 0.923. The molecule has 4 heteroatoms. The van der Waals surface area contributed by atoms with Gasteiger partial charge in [0.05, 0.1) is 0 Å². The molecule has 2 aliphatic rings. The molecule has 1 N–H and O–H groups in total. The summed E-state index contributed by atoms with van der Waals surface area (Å²) in [6.45, 7) is 4.15. The second-order valence-electron chi connectivity index (χ2n) is 5.49. The van der Waals surface area contributed by atoms with E-state index < -0.39 is 0 Å². The molecule has 17 heavy (non-hydrogen) atoms. The number of amides is 2. The summed E-state index contributed by atoms with van der Waals surface area (Å²) in [7, 11) is 0. The normalized spacial score (nSPS) is 30.6. The van der Waals surface area contributed by atoms with E-state index >= 15 is 0 Å². The zero-order valence-corrected chi connectivity index (χ0v) is 11.8. The van der Waals surface area contributed by atoms with Crippen LogP contribution in [-0.4, -0.2) is 41.6 Å². The number of urea groups is 1. The first-order valence-electron chi connectivity index (χ1n) is 6.77. The van der Waals surface area contributed by atoms with Crippen molar-refractivity contribution in [1.82, 2.24) is 10.2 Å². The molecule has 0 aromatic heterocycles. The van der Waals surface area contributed by atoms with Crippen molar-refractivity contribution in [2.45, 2.75) is 50.3 Å². The summed E-state index contributed by atoms with van der Waals surface area (Å²) in [5.41, 5.74) is 0. The molecule has 1 saturated heterocycles. The second-order valence-corrected chi connectivity index (χ2v) is 6.62. The minimum absolute atomic E-state index is 0.170. The van der Waals surface area contributed by atoms with Gasteiger partial charge in [0.1, 0.15) is 0 Å². The monoisotopic (exact) mass is 256 g/mol. The lowest BCUT2D eigenvalue weighted by Crippen LogP contribution is -2.47.